The topological polar surface area (TPSA) is 63.2 Å². The average Bonchev–Trinajstić information content (AvgIpc) is 2.95. The van der Waals surface area contributed by atoms with Crippen molar-refractivity contribution in [2.45, 2.75) is 26.3 Å². The second-order valence-corrected chi connectivity index (χ2v) is 6.37. The van der Waals surface area contributed by atoms with Gasteiger partial charge in [0.05, 0.1) is 23.7 Å². The number of carbonyl (C=O) groups excluding carboxylic acids is 1. The lowest BCUT2D eigenvalue weighted by Crippen LogP contribution is -2.28. The lowest BCUT2D eigenvalue weighted by atomic mass is 10.2. The number of aromatic nitrogens is 1. The van der Waals surface area contributed by atoms with Gasteiger partial charge in [-0.3, -0.25) is 4.79 Å². The van der Waals surface area contributed by atoms with Gasteiger partial charge in [0.15, 0.2) is 0 Å². The minimum Gasteiger partial charge on any atom is -0.497 e. The molecule has 2 rings (SSSR count). The van der Waals surface area contributed by atoms with Gasteiger partial charge < -0.3 is 15.4 Å². The Morgan fingerprint density at radius 1 is 1.35 bits per heavy atom. The first kappa shape index (κ1) is 17.4. The van der Waals surface area contributed by atoms with Gasteiger partial charge in [-0.2, -0.15) is 0 Å². The van der Waals surface area contributed by atoms with Gasteiger partial charge in [0.2, 0.25) is 5.91 Å². The van der Waals surface area contributed by atoms with Crippen molar-refractivity contribution in [3.8, 4) is 16.3 Å². The van der Waals surface area contributed by atoms with Crippen molar-refractivity contribution in [2.75, 3.05) is 20.7 Å². The molecular weight excluding hydrogens is 310 g/mol. The summed E-state index contributed by atoms with van der Waals surface area (Å²) in [6, 6.07) is 7.81. The van der Waals surface area contributed by atoms with E-state index in [4.69, 9.17) is 4.74 Å². The highest BCUT2D eigenvalue weighted by Crippen LogP contribution is 2.32. The standard InChI is InChI=1S/C17H23N3O2S/c1-11(19-15(21)9-10-18-3)16-12(2)20-17(23-16)13-5-7-14(22-4)8-6-13/h5-8,11,18H,9-10H2,1-4H3,(H,19,21). The summed E-state index contributed by atoms with van der Waals surface area (Å²) >= 11 is 1.62. The zero-order valence-electron chi connectivity index (χ0n) is 14.0. The van der Waals surface area contributed by atoms with Crippen LogP contribution in [0.5, 0.6) is 5.75 Å². The number of benzene rings is 1. The Bertz CT molecular complexity index is 652. The van der Waals surface area contributed by atoms with Gasteiger partial charge >= 0.3 is 0 Å². The molecule has 124 valence electrons. The van der Waals surface area contributed by atoms with Crippen molar-refractivity contribution >= 4 is 17.2 Å². The number of hydrogen-bond acceptors (Lipinski definition) is 5. The van der Waals surface area contributed by atoms with Crippen LogP contribution in [0.3, 0.4) is 0 Å². The van der Waals surface area contributed by atoms with E-state index in [-0.39, 0.29) is 11.9 Å². The normalized spacial score (nSPS) is 12.0. The highest BCUT2D eigenvalue weighted by atomic mass is 32.1. The van der Waals surface area contributed by atoms with Crippen molar-refractivity contribution in [3.63, 3.8) is 0 Å². The monoisotopic (exact) mass is 333 g/mol. The van der Waals surface area contributed by atoms with E-state index in [9.17, 15) is 4.79 Å². The molecule has 0 aliphatic heterocycles. The summed E-state index contributed by atoms with van der Waals surface area (Å²) < 4.78 is 5.18. The fourth-order valence-corrected chi connectivity index (χ4v) is 3.36. The Balaban J connectivity index is 2.11. The number of nitrogens with one attached hydrogen (secondary N) is 2. The maximum Gasteiger partial charge on any atom is 0.221 e. The zero-order chi connectivity index (χ0) is 16.8. The van der Waals surface area contributed by atoms with Crippen LogP contribution < -0.4 is 15.4 Å². The number of nitrogens with zero attached hydrogens (tertiary/aromatic N) is 1. The fraction of sp³-hybridized carbons (Fsp3) is 0.412. The van der Waals surface area contributed by atoms with Crippen molar-refractivity contribution in [3.05, 3.63) is 34.8 Å². The maximum absolute atomic E-state index is 11.9. The molecule has 6 heteroatoms. The molecule has 0 saturated heterocycles. The molecule has 0 bridgehead atoms. The highest BCUT2D eigenvalue weighted by molar-refractivity contribution is 7.15. The minimum atomic E-state index is -0.0381. The van der Waals surface area contributed by atoms with Crippen LogP contribution in [-0.4, -0.2) is 31.6 Å². The lowest BCUT2D eigenvalue weighted by molar-refractivity contribution is -0.121. The molecule has 0 saturated carbocycles. The van der Waals surface area contributed by atoms with E-state index < -0.39 is 0 Å². The van der Waals surface area contributed by atoms with Crippen LogP contribution in [0.4, 0.5) is 0 Å². The van der Waals surface area contributed by atoms with Gasteiger partial charge in [-0.1, -0.05) is 0 Å². The Hall–Kier alpha value is -1.92. The molecular formula is C17H23N3O2S. The number of amides is 1. The quantitative estimate of drug-likeness (QED) is 0.818. The number of aryl methyl sites for hydroxylation is 1. The molecule has 1 aromatic carbocycles. The number of hydrogen-bond donors (Lipinski definition) is 2. The summed E-state index contributed by atoms with van der Waals surface area (Å²) in [6.45, 7) is 4.65. The van der Waals surface area contributed by atoms with Crippen LogP contribution in [0.15, 0.2) is 24.3 Å². The smallest absolute Gasteiger partial charge is 0.221 e. The summed E-state index contributed by atoms with van der Waals surface area (Å²) in [4.78, 5) is 17.6. The summed E-state index contributed by atoms with van der Waals surface area (Å²) in [5.41, 5.74) is 2.01. The van der Waals surface area contributed by atoms with E-state index in [1.54, 1.807) is 18.4 Å². The molecule has 0 spiro atoms. The van der Waals surface area contributed by atoms with Gasteiger partial charge in [-0.05, 0) is 45.2 Å². The van der Waals surface area contributed by atoms with Crippen molar-refractivity contribution in [1.82, 2.24) is 15.6 Å². The summed E-state index contributed by atoms with van der Waals surface area (Å²) in [5.74, 6) is 0.873. The third-order valence-corrected chi connectivity index (χ3v) is 4.93. The first-order valence-electron chi connectivity index (χ1n) is 7.61. The minimum absolute atomic E-state index is 0.0381. The van der Waals surface area contributed by atoms with Crippen LogP contribution in [-0.2, 0) is 4.79 Å². The molecule has 2 N–H and O–H groups in total. The predicted octanol–water partition coefficient (Wildman–Crippen LogP) is 2.91. The van der Waals surface area contributed by atoms with E-state index in [2.05, 4.69) is 15.6 Å². The molecule has 1 heterocycles. The predicted molar refractivity (Wildman–Crippen MR) is 93.9 cm³/mol. The molecule has 1 amide bonds. The highest BCUT2D eigenvalue weighted by Gasteiger charge is 2.17. The number of methoxy groups -OCH3 is 1. The second-order valence-electron chi connectivity index (χ2n) is 5.34. The molecule has 0 aliphatic rings. The van der Waals surface area contributed by atoms with E-state index >= 15 is 0 Å². The van der Waals surface area contributed by atoms with E-state index in [0.29, 0.717) is 13.0 Å². The SMILES string of the molecule is CNCCC(=O)NC(C)c1sc(-c2ccc(OC)cc2)nc1C. The van der Waals surface area contributed by atoms with Crippen molar-refractivity contribution in [2.24, 2.45) is 0 Å². The zero-order valence-corrected chi connectivity index (χ0v) is 14.8. The van der Waals surface area contributed by atoms with Gasteiger partial charge in [-0.15, -0.1) is 11.3 Å². The summed E-state index contributed by atoms with van der Waals surface area (Å²) in [7, 11) is 3.49. The number of thiazole rings is 1. The Labute approximate surface area is 141 Å². The van der Waals surface area contributed by atoms with Gasteiger partial charge in [-0.25, -0.2) is 4.98 Å². The van der Waals surface area contributed by atoms with E-state index in [0.717, 1.165) is 26.9 Å². The fourth-order valence-electron chi connectivity index (χ4n) is 2.28. The Morgan fingerprint density at radius 3 is 2.65 bits per heavy atom. The molecule has 23 heavy (non-hydrogen) atoms. The molecule has 5 nitrogen and oxygen atoms in total. The first-order chi connectivity index (χ1) is 11.0. The molecule has 0 fully saturated rings. The molecule has 1 unspecified atom stereocenters. The van der Waals surface area contributed by atoms with Crippen LogP contribution in [0.1, 0.15) is 30.0 Å². The third-order valence-electron chi connectivity index (χ3n) is 3.54. The van der Waals surface area contributed by atoms with E-state index in [1.165, 1.54) is 0 Å². The van der Waals surface area contributed by atoms with Crippen LogP contribution in [0.25, 0.3) is 10.6 Å². The molecule has 1 aromatic heterocycles. The number of carbonyl (C=O) groups is 1. The average molecular weight is 333 g/mol. The van der Waals surface area contributed by atoms with Gasteiger partial charge in [0.25, 0.3) is 0 Å². The van der Waals surface area contributed by atoms with Crippen LogP contribution >= 0.6 is 11.3 Å². The second kappa shape index (κ2) is 8.08. The Kier molecular flexibility index (Phi) is 6.12. The van der Waals surface area contributed by atoms with Gasteiger partial charge in [0.1, 0.15) is 10.8 Å². The van der Waals surface area contributed by atoms with Gasteiger partial charge in [0, 0.05) is 18.5 Å². The molecule has 2 aromatic rings. The van der Waals surface area contributed by atoms with Crippen molar-refractivity contribution in [1.29, 1.82) is 0 Å². The number of rotatable bonds is 7. The first-order valence-corrected chi connectivity index (χ1v) is 8.42. The van der Waals surface area contributed by atoms with Crippen LogP contribution in [0, 0.1) is 6.92 Å². The lowest BCUT2D eigenvalue weighted by Gasteiger charge is -2.12. The summed E-state index contributed by atoms with van der Waals surface area (Å²) in [5, 5.41) is 6.96. The van der Waals surface area contributed by atoms with E-state index in [1.807, 2.05) is 45.2 Å². The molecule has 0 aliphatic carbocycles. The maximum atomic E-state index is 11.9. The Morgan fingerprint density at radius 2 is 2.04 bits per heavy atom. The third kappa shape index (κ3) is 4.53. The van der Waals surface area contributed by atoms with Crippen molar-refractivity contribution < 1.29 is 9.53 Å². The molecule has 0 radical (unpaired) electrons. The summed E-state index contributed by atoms with van der Waals surface area (Å²) in [6.07, 6.45) is 0.476. The largest absolute Gasteiger partial charge is 0.497 e. The van der Waals surface area contributed by atoms with Crippen LogP contribution in [0.2, 0.25) is 0 Å². The number of ether oxygens (including phenoxy) is 1. The molecule has 1 atom stereocenters.